The van der Waals surface area contributed by atoms with Crippen molar-refractivity contribution in [2.24, 2.45) is 0 Å². The Labute approximate surface area is 89.8 Å². The van der Waals surface area contributed by atoms with Crippen LogP contribution in [0.25, 0.3) is 0 Å². The fourth-order valence-electron chi connectivity index (χ4n) is 0.842. The van der Waals surface area contributed by atoms with Crippen LogP contribution in [0.2, 0.25) is 0 Å². The van der Waals surface area contributed by atoms with Gasteiger partial charge in [-0.05, 0) is 22.0 Å². The molecule has 0 saturated heterocycles. The number of nitrogens with two attached hydrogens (primary N) is 2. The van der Waals surface area contributed by atoms with E-state index < -0.39 is 5.82 Å². The van der Waals surface area contributed by atoms with E-state index >= 15 is 0 Å². The summed E-state index contributed by atoms with van der Waals surface area (Å²) in [4.78, 5) is 0. The highest BCUT2D eigenvalue weighted by molar-refractivity contribution is 9.10. The summed E-state index contributed by atoms with van der Waals surface area (Å²) < 4.78 is 18.2. The molecule has 0 radical (unpaired) electrons. The van der Waals surface area contributed by atoms with E-state index in [1.165, 1.54) is 13.2 Å². The summed E-state index contributed by atoms with van der Waals surface area (Å²) in [7, 11) is 1.44. The Balaban J connectivity index is 0.00000144. The van der Waals surface area contributed by atoms with Crippen LogP contribution in [0.15, 0.2) is 10.5 Å². The van der Waals surface area contributed by atoms with E-state index in [9.17, 15) is 4.39 Å². The monoisotopic (exact) mass is 270 g/mol. The third kappa shape index (κ3) is 2.16. The Hall–Kier alpha value is -0.680. The zero-order chi connectivity index (χ0) is 9.30. The quantitative estimate of drug-likeness (QED) is 0.770. The Morgan fingerprint density at radius 1 is 1.38 bits per heavy atom. The molecule has 6 heteroatoms. The van der Waals surface area contributed by atoms with Gasteiger partial charge in [-0.25, -0.2) is 4.39 Å². The molecule has 1 aromatic carbocycles. The van der Waals surface area contributed by atoms with Crippen LogP contribution >= 0.6 is 28.3 Å². The fourth-order valence-corrected chi connectivity index (χ4v) is 1.42. The number of hydrogen-bond donors (Lipinski definition) is 2. The van der Waals surface area contributed by atoms with Crippen molar-refractivity contribution in [2.45, 2.75) is 0 Å². The zero-order valence-corrected chi connectivity index (χ0v) is 9.21. The lowest BCUT2D eigenvalue weighted by Crippen LogP contribution is -2.01. The lowest BCUT2D eigenvalue weighted by Gasteiger charge is -2.09. The zero-order valence-electron chi connectivity index (χ0n) is 6.80. The second-order valence-corrected chi connectivity index (χ2v) is 3.06. The van der Waals surface area contributed by atoms with Crippen molar-refractivity contribution < 1.29 is 9.13 Å². The van der Waals surface area contributed by atoms with Gasteiger partial charge in [-0.2, -0.15) is 0 Å². The first-order valence-electron chi connectivity index (χ1n) is 3.15. The lowest BCUT2D eigenvalue weighted by molar-refractivity contribution is 0.413. The summed E-state index contributed by atoms with van der Waals surface area (Å²) in [6, 6.07) is 1.21. The van der Waals surface area contributed by atoms with Crippen molar-refractivity contribution in [1.82, 2.24) is 0 Å². The number of hydrogen-bond acceptors (Lipinski definition) is 3. The number of halogens is 3. The highest BCUT2D eigenvalue weighted by Crippen LogP contribution is 2.36. The maximum atomic E-state index is 12.9. The van der Waals surface area contributed by atoms with E-state index in [1.807, 2.05) is 0 Å². The van der Waals surface area contributed by atoms with E-state index in [1.54, 1.807) is 0 Å². The predicted octanol–water partition coefficient (Wildman–Crippen LogP) is 2.18. The summed E-state index contributed by atoms with van der Waals surface area (Å²) in [5.41, 5.74) is 10.8. The van der Waals surface area contributed by atoms with Gasteiger partial charge in [-0.15, -0.1) is 12.4 Å². The first-order chi connectivity index (χ1) is 5.57. The molecule has 13 heavy (non-hydrogen) atoms. The highest BCUT2D eigenvalue weighted by atomic mass is 79.9. The minimum atomic E-state index is -0.555. The average molecular weight is 272 g/mol. The molecule has 0 aliphatic rings. The molecular weight excluding hydrogens is 262 g/mol. The van der Waals surface area contributed by atoms with Crippen LogP contribution in [0.3, 0.4) is 0 Å². The molecule has 0 aliphatic heterocycles. The molecule has 0 aliphatic carbocycles. The van der Waals surface area contributed by atoms with Crippen LogP contribution < -0.4 is 16.2 Å². The van der Waals surface area contributed by atoms with E-state index in [4.69, 9.17) is 16.2 Å². The van der Waals surface area contributed by atoms with Gasteiger partial charge >= 0.3 is 0 Å². The first-order valence-corrected chi connectivity index (χ1v) is 3.94. The summed E-state index contributed by atoms with van der Waals surface area (Å²) in [5, 5.41) is 0. The topological polar surface area (TPSA) is 61.3 Å². The average Bonchev–Trinajstić information content (AvgIpc) is 2.01. The number of benzene rings is 1. The summed E-state index contributed by atoms with van der Waals surface area (Å²) in [6.45, 7) is 0. The van der Waals surface area contributed by atoms with Gasteiger partial charge in [0.15, 0.2) is 5.75 Å². The van der Waals surface area contributed by atoms with Gasteiger partial charge in [-0.1, -0.05) is 0 Å². The second kappa shape index (κ2) is 4.53. The van der Waals surface area contributed by atoms with E-state index in [-0.39, 0.29) is 23.8 Å². The van der Waals surface area contributed by atoms with Crippen LogP contribution in [0.1, 0.15) is 0 Å². The summed E-state index contributed by atoms with van der Waals surface area (Å²) in [6.07, 6.45) is 0. The maximum absolute atomic E-state index is 12.9. The second-order valence-electron chi connectivity index (χ2n) is 2.20. The minimum absolute atomic E-state index is 0. The summed E-state index contributed by atoms with van der Waals surface area (Å²) in [5.74, 6) is -0.200. The Morgan fingerprint density at radius 2 is 1.92 bits per heavy atom. The number of anilines is 2. The molecule has 3 nitrogen and oxygen atoms in total. The van der Waals surface area contributed by atoms with Gasteiger partial charge in [0.05, 0.1) is 17.3 Å². The minimum Gasteiger partial charge on any atom is -0.493 e. The number of ether oxygens (including phenoxy) is 1. The van der Waals surface area contributed by atoms with Crippen LogP contribution in [-0.2, 0) is 0 Å². The SMILES string of the molecule is COc1c(Br)cc(F)c(N)c1N.Cl. The molecule has 1 aromatic rings. The van der Waals surface area contributed by atoms with Gasteiger partial charge in [-0.3, -0.25) is 0 Å². The number of methoxy groups -OCH3 is 1. The molecule has 0 saturated carbocycles. The van der Waals surface area contributed by atoms with Crippen LogP contribution in [-0.4, -0.2) is 7.11 Å². The third-order valence-electron chi connectivity index (χ3n) is 1.47. The summed E-state index contributed by atoms with van der Waals surface area (Å²) >= 11 is 3.09. The molecule has 74 valence electrons. The van der Waals surface area contributed by atoms with Crippen molar-refractivity contribution in [1.29, 1.82) is 0 Å². The molecule has 0 heterocycles. The number of rotatable bonds is 1. The van der Waals surface area contributed by atoms with Crippen LogP contribution in [0, 0.1) is 5.82 Å². The maximum Gasteiger partial charge on any atom is 0.158 e. The van der Waals surface area contributed by atoms with Crippen LogP contribution in [0.4, 0.5) is 15.8 Å². The van der Waals surface area contributed by atoms with Crippen molar-refractivity contribution in [3.63, 3.8) is 0 Å². The first kappa shape index (κ1) is 12.3. The molecule has 1 rings (SSSR count). The van der Waals surface area contributed by atoms with E-state index in [2.05, 4.69) is 15.9 Å². The Bertz CT molecular complexity index is 322. The van der Waals surface area contributed by atoms with E-state index in [0.29, 0.717) is 10.2 Å². The van der Waals surface area contributed by atoms with Gasteiger partial charge < -0.3 is 16.2 Å². The molecule has 0 spiro atoms. The number of nitrogen functional groups attached to an aromatic ring is 2. The van der Waals surface area contributed by atoms with Crippen molar-refractivity contribution in [2.75, 3.05) is 18.6 Å². The van der Waals surface area contributed by atoms with Gasteiger partial charge in [0.1, 0.15) is 11.5 Å². The Morgan fingerprint density at radius 3 is 2.38 bits per heavy atom. The molecular formula is C7H9BrClFN2O. The van der Waals surface area contributed by atoms with E-state index in [0.717, 1.165) is 0 Å². The van der Waals surface area contributed by atoms with Gasteiger partial charge in [0.25, 0.3) is 0 Å². The molecule has 0 unspecified atom stereocenters. The molecule has 0 atom stereocenters. The molecule has 0 fully saturated rings. The normalized spacial score (nSPS) is 9.15. The smallest absolute Gasteiger partial charge is 0.158 e. The fraction of sp³-hybridized carbons (Fsp3) is 0.143. The predicted molar refractivity (Wildman–Crippen MR) is 56.7 cm³/mol. The largest absolute Gasteiger partial charge is 0.493 e. The molecule has 0 aromatic heterocycles. The van der Waals surface area contributed by atoms with Crippen LogP contribution in [0.5, 0.6) is 5.75 Å². The molecule has 0 bridgehead atoms. The van der Waals surface area contributed by atoms with Crippen molar-refractivity contribution in [3.05, 3.63) is 16.4 Å². The van der Waals surface area contributed by atoms with Crippen molar-refractivity contribution in [3.8, 4) is 5.75 Å². The van der Waals surface area contributed by atoms with Gasteiger partial charge in [0, 0.05) is 0 Å². The lowest BCUT2D eigenvalue weighted by atomic mass is 10.2. The Kier molecular flexibility index (Phi) is 4.29. The highest BCUT2D eigenvalue weighted by Gasteiger charge is 2.12. The third-order valence-corrected chi connectivity index (χ3v) is 2.06. The van der Waals surface area contributed by atoms with Gasteiger partial charge in [0.2, 0.25) is 0 Å². The molecule has 4 N–H and O–H groups in total. The standard InChI is InChI=1S/C7H8BrFN2O.ClH/c1-12-7-3(8)2-4(9)5(10)6(7)11;/h2H,10-11H2,1H3;1H. The van der Waals surface area contributed by atoms with Crippen molar-refractivity contribution >= 4 is 39.7 Å². The molecule has 0 amide bonds.